The zero-order valence-corrected chi connectivity index (χ0v) is 12.8. The lowest BCUT2D eigenvalue weighted by Crippen LogP contribution is -2.28. The van der Waals surface area contributed by atoms with Crippen LogP contribution in [0.15, 0.2) is 42.5 Å². The monoisotopic (exact) mass is 295 g/mol. The topological polar surface area (TPSA) is 59.3 Å². The Morgan fingerprint density at radius 3 is 2.23 bits per heavy atom. The SMILES string of the molecule is Cc1cccc(C)c1OC(=O)C(C)Oc1ccc(C#N)cc1. The predicted molar refractivity (Wildman–Crippen MR) is 82.8 cm³/mol. The molecule has 0 spiro atoms. The van der Waals surface area contributed by atoms with E-state index in [4.69, 9.17) is 14.7 Å². The van der Waals surface area contributed by atoms with E-state index in [-0.39, 0.29) is 0 Å². The van der Waals surface area contributed by atoms with Crippen molar-refractivity contribution in [1.82, 2.24) is 0 Å². The second-order valence-corrected chi connectivity index (χ2v) is 5.04. The van der Waals surface area contributed by atoms with Crippen molar-refractivity contribution in [3.05, 3.63) is 59.2 Å². The molecule has 0 aliphatic heterocycles. The number of carbonyl (C=O) groups excluding carboxylic acids is 1. The number of nitriles is 1. The van der Waals surface area contributed by atoms with Gasteiger partial charge in [-0.15, -0.1) is 0 Å². The molecule has 0 aliphatic carbocycles. The second kappa shape index (κ2) is 6.77. The number of esters is 1. The first-order chi connectivity index (χ1) is 10.5. The van der Waals surface area contributed by atoms with E-state index in [1.54, 1.807) is 31.2 Å². The summed E-state index contributed by atoms with van der Waals surface area (Å²) >= 11 is 0. The fraction of sp³-hybridized carbons (Fsp3) is 0.222. The van der Waals surface area contributed by atoms with Gasteiger partial charge in [0.25, 0.3) is 0 Å². The van der Waals surface area contributed by atoms with Crippen LogP contribution in [-0.4, -0.2) is 12.1 Å². The fourth-order valence-corrected chi connectivity index (χ4v) is 2.00. The second-order valence-electron chi connectivity index (χ2n) is 5.04. The third kappa shape index (κ3) is 3.64. The molecule has 0 aliphatic rings. The number of nitrogens with zero attached hydrogens (tertiary/aromatic N) is 1. The maximum Gasteiger partial charge on any atom is 0.352 e. The van der Waals surface area contributed by atoms with Gasteiger partial charge in [0.15, 0.2) is 6.10 Å². The Labute approximate surface area is 129 Å². The van der Waals surface area contributed by atoms with Crippen LogP contribution >= 0.6 is 0 Å². The maximum atomic E-state index is 12.1. The summed E-state index contributed by atoms with van der Waals surface area (Å²) in [6.45, 7) is 5.41. The standard InChI is InChI=1S/C18H17NO3/c1-12-5-4-6-13(2)17(12)22-18(20)14(3)21-16-9-7-15(11-19)8-10-16/h4-10,14H,1-3H3. The lowest BCUT2D eigenvalue weighted by molar-refractivity contribution is -0.141. The van der Waals surface area contributed by atoms with Crippen molar-refractivity contribution < 1.29 is 14.3 Å². The molecule has 1 atom stereocenters. The maximum absolute atomic E-state index is 12.1. The van der Waals surface area contributed by atoms with E-state index in [0.29, 0.717) is 17.1 Å². The van der Waals surface area contributed by atoms with Gasteiger partial charge in [0, 0.05) is 0 Å². The minimum Gasteiger partial charge on any atom is -0.479 e. The first kappa shape index (κ1) is 15.6. The van der Waals surface area contributed by atoms with Gasteiger partial charge in [0.2, 0.25) is 0 Å². The predicted octanol–water partition coefficient (Wildman–Crippen LogP) is 3.55. The van der Waals surface area contributed by atoms with Gasteiger partial charge >= 0.3 is 5.97 Å². The van der Waals surface area contributed by atoms with Crippen molar-refractivity contribution in [2.45, 2.75) is 26.9 Å². The fourth-order valence-electron chi connectivity index (χ4n) is 2.00. The number of hydrogen-bond acceptors (Lipinski definition) is 4. The Balaban J connectivity index is 2.04. The number of benzene rings is 2. The lowest BCUT2D eigenvalue weighted by Gasteiger charge is -2.16. The first-order valence-corrected chi connectivity index (χ1v) is 6.96. The summed E-state index contributed by atoms with van der Waals surface area (Å²) in [5.74, 6) is 0.634. The molecule has 0 amide bonds. The van der Waals surface area contributed by atoms with Crippen molar-refractivity contribution in [2.24, 2.45) is 0 Å². The molecule has 0 saturated carbocycles. The van der Waals surface area contributed by atoms with Crippen LogP contribution in [-0.2, 0) is 4.79 Å². The Morgan fingerprint density at radius 1 is 1.09 bits per heavy atom. The van der Waals surface area contributed by atoms with Gasteiger partial charge in [-0.05, 0) is 56.2 Å². The van der Waals surface area contributed by atoms with Gasteiger partial charge in [-0.2, -0.15) is 5.26 Å². The summed E-state index contributed by atoms with van der Waals surface area (Å²) < 4.78 is 11.0. The van der Waals surface area contributed by atoms with Gasteiger partial charge in [-0.1, -0.05) is 18.2 Å². The van der Waals surface area contributed by atoms with Crippen molar-refractivity contribution in [2.75, 3.05) is 0 Å². The zero-order valence-electron chi connectivity index (χ0n) is 12.8. The quantitative estimate of drug-likeness (QED) is 0.639. The number of hydrogen-bond donors (Lipinski definition) is 0. The molecule has 0 aromatic heterocycles. The molecule has 2 rings (SSSR count). The normalized spacial score (nSPS) is 11.4. The largest absolute Gasteiger partial charge is 0.479 e. The van der Waals surface area contributed by atoms with Crippen LogP contribution in [0, 0.1) is 25.2 Å². The highest BCUT2D eigenvalue weighted by atomic mass is 16.6. The number of aryl methyl sites for hydroxylation is 2. The lowest BCUT2D eigenvalue weighted by atomic mass is 10.1. The summed E-state index contributed by atoms with van der Waals surface area (Å²) in [6, 6.07) is 14.3. The molecule has 0 bridgehead atoms. The number of ether oxygens (including phenoxy) is 2. The van der Waals surface area contributed by atoms with Crippen molar-refractivity contribution in [1.29, 1.82) is 5.26 Å². The van der Waals surface area contributed by atoms with Gasteiger partial charge in [-0.3, -0.25) is 0 Å². The van der Waals surface area contributed by atoms with Crippen molar-refractivity contribution in [3.63, 3.8) is 0 Å². The summed E-state index contributed by atoms with van der Waals surface area (Å²) in [7, 11) is 0. The van der Waals surface area contributed by atoms with Crippen LogP contribution in [0.3, 0.4) is 0 Å². The molecule has 0 fully saturated rings. The van der Waals surface area contributed by atoms with Crippen LogP contribution < -0.4 is 9.47 Å². The number of carbonyl (C=O) groups is 1. The minimum atomic E-state index is -0.744. The van der Waals surface area contributed by atoms with Crippen LogP contribution in [0.1, 0.15) is 23.6 Å². The van der Waals surface area contributed by atoms with E-state index in [9.17, 15) is 4.79 Å². The average Bonchev–Trinajstić information content (AvgIpc) is 2.51. The molecule has 0 heterocycles. The molecule has 4 heteroatoms. The minimum absolute atomic E-state index is 0.457. The van der Waals surface area contributed by atoms with Crippen LogP contribution in [0.4, 0.5) is 0 Å². The molecule has 112 valence electrons. The van der Waals surface area contributed by atoms with Crippen molar-refractivity contribution >= 4 is 5.97 Å². The molecular weight excluding hydrogens is 278 g/mol. The molecule has 2 aromatic carbocycles. The summed E-state index contributed by atoms with van der Waals surface area (Å²) in [4.78, 5) is 12.1. The van der Waals surface area contributed by atoms with E-state index in [1.165, 1.54) is 0 Å². The van der Waals surface area contributed by atoms with Gasteiger partial charge in [-0.25, -0.2) is 4.79 Å². The number of para-hydroxylation sites is 1. The van der Waals surface area contributed by atoms with E-state index in [2.05, 4.69) is 0 Å². The molecular formula is C18H17NO3. The van der Waals surface area contributed by atoms with E-state index >= 15 is 0 Å². The third-order valence-corrected chi connectivity index (χ3v) is 3.24. The highest BCUT2D eigenvalue weighted by Crippen LogP contribution is 2.23. The van der Waals surface area contributed by atoms with E-state index in [0.717, 1.165) is 11.1 Å². The first-order valence-electron chi connectivity index (χ1n) is 6.96. The Morgan fingerprint density at radius 2 is 1.68 bits per heavy atom. The van der Waals surface area contributed by atoms with Gasteiger partial charge in [0.05, 0.1) is 11.6 Å². The highest BCUT2D eigenvalue weighted by Gasteiger charge is 2.19. The molecule has 22 heavy (non-hydrogen) atoms. The van der Waals surface area contributed by atoms with Gasteiger partial charge < -0.3 is 9.47 Å². The Hall–Kier alpha value is -2.80. The van der Waals surface area contributed by atoms with Crippen LogP contribution in [0.2, 0.25) is 0 Å². The average molecular weight is 295 g/mol. The zero-order chi connectivity index (χ0) is 16.1. The summed E-state index contributed by atoms with van der Waals surface area (Å²) in [6.07, 6.45) is -0.744. The van der Waals surface area contributed by atoms with Crippen LogP contribution in [0.25, 0.3) is 0 Å². The molecule has 0 N–H and O–H groups in total. The van der Waals surface area contributed by atoms with E-state index < -0.39 is 12.1 Å². The molecule has 2 aromatic rings. The summed E-state index contributed by atoms with van der Waals surface area (Å²) in [5, 5.41) is 8.75. The summed E-state index contributed by atoms with van der Waals surface area (Å²) in [5.41, 5.74) is 2.34. The van der Waals surface area contributed by atoms with Crippen molar-refractivity contribution in [3.8, 4) is 17.6 Å². The Bertz CT molecular complexity index is 694. The van der Waals surface area contributed by atoms with E-state index in [1.807, 2.05) is 38.1 Å². The molecule has 4 nitrogen and oxygen atoms in total. The molecule has 0 radical (unpaired) electrons. The third-order valence-electron chi connectivity index (χ3n) is 3.24. The Kier molecular flexibility index (Phi) is 4.80. The smallest absolute Gasteiger partial charge is 0.352 e. The number of rotatable bonds is 4. The molecule has 0 saturated heterocycles. The van der Waals surface area contributed by atoms with Gasteiger partial charge in [0.1, 0.15) is 11.5 Å². The van der Waals surface area contributed by atoms with Crippen LogP contribution in [0.5, 0.6) is 11.5 Å². The molecule has 1 unspecified atom stereocenters. The highest BCUT2D eigenvalue weighted by molar-refractivity contribution is 5.77.